The van der Waals surface area contributed by atoms with Crippen LogP contribution in [0.25, 0.3) is 0 Å². The number of carbonyl (C=O) groups excluding carboxylic acids is 1. The van der Waals surface area contributed by atoms with Gasteiger partial charge in [0.05, 0.1) is 13.0 Å². The van der Waals surface area contributed by atoms with E-state index < -0.39 is 0 Å². The number of piperazine rings is 1. The molecule has 9 nitrogen and oxygen atoms in total. The topological polar surface area (TPSA) is 113 Å². The molecule has 1 fully saturated rings. The van der Waals surface area contributed by atoms with E-state index in [0.29, 0.717) is 37.8 Å². The molecule has 1 amide bonds. The minimum Gasteiger partial charge on any atom is -0.368 e. The monoisotopic (exact) mass is 438 g/mol. The van der Waals surface area contributed by atoms with Crippen LogP contribution in [0.3, 0.4) is 0 Å². The molecule has 1 aliphatic heterocycles. The largest absolute Gasteiger partial charge is 0.368 e. The van der Waals surface area contributed by atoms with Crippen molar-refractivity contribution < 1.29 is 4.79 Å². The zero-order valence-corrected chi connectivity index (χ0v) is 18.5. The summed E-state index contributed by atoms with van der Waals surface area (Å²) in [6.07, 6.45) is 0.371. The van der Waals surface area contributed by atoms with Crippen molar-refractivity contribution in [1.29, 1.82) is 0 Å². The quantitative estimate of drug-likeness (QED) is 0.602. The van der Waals surface area contributed by atoms with Gasteiger partial charge in [-0.05, 0) is 25.5 Å². The van der Waals surface area contributed by atoms with Gasteiger partial charge in [0.2, 0.25) is 17.8 Å². The number of anilines is 3. The molecule has 3 aromatic rings. The van der Waals surface area contributed by atoms with Gasteiger partial charge < -0.3 is 16.0 Å². The third kappa shape index (κ3) is 5.53. The van der Waals surface area contributed by atoms with Gasteiger partial charge in [-0.25, -0.2) is 4.98 Å². The Balaban J connectivity index is 1.33. The summed E-state index contributed by atoms with van der Waals surface area (Å²) in [7, 11) is 0. The highest BCUT2D eigenvalue weighted by molar-refractivity contribution is 7.09. The van der Waals surface area contributed by atoms with Crippen molar-refractivity contribution in [2.24, 2.45) is 0 Å². The Labute approximate surface area is 185 Å². The average molecular weight is 439 g/mol. The van der Waals surface area contributed by atoms with E-state index in [0.717, 1.165) is 35.0 Å². The van der Waals surface area contributed by atoms with Crippen LogP contribution in [0.1, 0.15) is 22.1 Å². The second kappa shape index (κ2) is 9.36. The van der Waals surface area contributed by atoms with E-state index in [9.17, 15) is 4.79 Å². The van der Waals surface area contributed by atoms with Crippen LogP contribution < -0.4 is 11.1 Å². The molecular formula is C21H26N8OS. The van der Waals surface area contributed by atoms with Crippen LogP contribution in [0.4, 0.5) is 17.6 Å². The molecular weight excluding hydrogens is 412 g/mol. The fourth-order valence-corrected chi connectivity index (χ4v) is 4.24. The number of hydrogen-bond donors (Lipinski definition) is 2. The standard InChI is InChI=1S/C21H26N8OS/c1-14-5-3-4-6-16(14)24-21-26-17(25-20(22)27-21)12-28-7-9-29(10-8-28)19(30)11-18-23-15(2)13-31-18/h3-6,13H,7-12H2,1-2H3,(H3,22,24,25,26,27). The summed E-state index contributed by atoms with van der Waals surface area (Å²) in [5.74, 6) is 1.36. The molecule has 2 aromatic heterocycles. The van der Waals surface area contributed by atoms with Crippen LogP contribution in [0.2, 0.25) is 0 Å². The molecule has 1 aliphatic rings. The van der Waals surface area contributed by atoms with Crippen LogP contribution in [-0.4, -0.2) is 61.8 Å². The van der Waals surface area contributed by atoms with Crippen LogP contribution in [0.15, 0.2) is 29.6 Å². The summed E-state index contributed by atoms with van der Waals surface area (Å²) in [5.41, 5.74) is 8.90. The van der Waals surface area contributed by atoms with Gasteiger partial charge >= 0.3 is 0 Å². The number of amides is 1. The highest BCUT2D eigenvalue weighted by Crippen LogP contribution is 2.18. The predicted molar refractivity (Wildman–Crippen MR) is 121 cm³/mol. The van der Waals surface area contributed by atoms with Crippen molar-refractivity contribution >= 4 is 34.8 Å². The Morgan fingerprint density at radius 3 is 2.58 bits per heavy atom. The zero-order valence-electron chi connectivity index (χ0n) is 17.7. The highest BCUT2D eigenvalue weighted by Gasteiger charge is 2.23. The number of benzene rings is 1. The van der Waals surface area contributed by atoms with Crippen molar-refractivity contribution in [3.8, 4) is 0 Å². The Morgan fingerprint density at radius 2 is 1.87 bits per heavy atom. The van der Waals surface area contributed by atoms with Gasteiger partial charge in [-0.15, -0.1) is 11.3 Å². The number of nitrogens with two attached hydrogens (primary N) is 1. The van der Waals surface area contributed by atoms with Gasteiger partial charge in [-0.1, -0.05) is 18.2 Å². The maximum absolute atomic E-state index is 12.5. The van der Waals surface area contributed by atoms with Crippen LogP contribution in [-0.2, 0) is 17.8 Å². The van der Waals surface area contributed by atoms with E-state index in [1.165, 1.54) is 11.3 Å². The summed E-state index contributed by atoms with van der Waals surface area (Å²) >= 11 is 1.54. The van der Waals surface area contributed by atoms with E-state index in [1.807, 2.05) is 48.4 Å². The Hall–Kier alpha value is -3.11. The minimum absolute atomic E-state index is 0.128. The molecule has 3 heterocycles. The third-order valence-electron chi connectivity index (χ3n) is 5.15. The van der Waals surface area contributed by atoms with E-state index in [1.54, 1.807) is 0 Å². The van der Waals surface area contributed by atoms with E-state index in [4.69, 9.17) is 5.73 Å². The molecule has 0 saturated carbocycles. The molecule has 3 N–H and O–H groups in total. The molecule has 0 spiro atoms. The molecule has 31 heavy (non-hydrogen) atoms. The van der Waals surface area contributed by atoms with Crippen LogP contribution >= 0.6 is 11.3 Å². The molecule has 1 aromatic carbocycles. The summed E-state index contributed by atoms with van der Waals surface area (Å²) in [6, 6.07) is 7.93. The van der Waals surface area contributed by atoms with Crippen molar-refractivity contribution in [3.63, 3.8) is 0 Å². The molecule has 0 unspecified atom stereocenters. The first-order valence-corrected chi connectivity index (χ1v) is 11.1. The smallest absolute Gasteiger partial charge is 0.232 e. The first-order chi connectivity index (χ1) is 15.0. The number of nitrogens with one attached hydrogen (secondary N) is 1. The van der Waals surface area contributed by atoms with Gasteiger partial charge in [-0.3, -0.25) is 9.69 Å². The molecule has 10 heteroatoms. The molecule has 0 bridgehead atoms. The summed E-state index contributed by atoms with van der Waals surface area (Å²) in [5, 5.41) is 6.07. The molecule has 1 saturated heterocycles. The molecule has 0 radical (unpaired) electrons. The summed E-state index contributed by atoms with van der Waals surface area (Å²) in [4.78, 5) is 34.1. The zero-order chi connectivity index (χ0) is 21.8. The van der Waals surface area contributed by atoms with Gasteiger partial charge in [0, 0.05) is 42.9 Å². The van der Waals surface area contributed by atoms with Gasteiger partial charge in [0.15, 0.2) is 0 Å². The van der Waals surface area contributed by atoms with Crippen molar-refractivity contribution in [2.45, 2.75) is 26.8 Å². The SMILES string of the molecule is Cc1csc(CC(=O)N2CCN(Cc3nc(N)nc(Nc4ccccc4C)n3)CC2)n1. The van der Waals surface area contributed by atoms with Gasteiger partial charge in [-0.2, -0.15) is 15.0 Å². The number of para-hydroxylation sites is 1. The molecule has 162 valence electrons. The number of nitrogens with zero attached hydrogens (tertiary/aromatic N) is 6. The van der Waals surface area contributed by atoms with Crippen molar-refractivity contribution in [2.75, 3.05) is 37.2 Å². The number of thiazole rings is 1. The second-order valence-electron chi connectivity index (χ2n) is 7.59. The average Bonchev–Trinajstić information content (AvgIpc) is 3.14. The summed E-state index contributed by atoms with van der Waals surface area (Å²) < 4.78 is 0. The highest BCUT2D eigenvalue weighted by atomic mass is 32.1. The number of hydrogen-bond acceptors (Lipinski definition) is 9. The normalized spacial score (nSPS) is 14.6. The second-order valence-corrected chi connectivity index (χ2v) is 8.53. The number of carbonyl (C=O) groups is 1. The lowest BCUT2D eigenvalue weighted by Gasteiger charge is -2.34. The van der Waals surface area contributed by atoms with Crippen LogP contribution in [0.5, 0.6) is 0 Å². The lowest BCUT2D eigenvalue weighted by Crippen LogP contribution is -2.48. The van der Waals surface area contributed by atoms with E-state index >= 15 is 0 Å². The van der Waals surface area contributed by atoms with Gasteiger partial charge in [0.1, 0.15) is 10.8 Å². The lowest BCUT2D eigenvalue weighted by molar-refractivity contribution is -0.132. The van der Waals surface area contributed by atoms with Gasteiger partial charge in [0.25, 0.3) is 0 Å². The Kier molecular flexibility index (Phi) is 6.38. The maximum atomic E-state index is 12.5. The minimum atomic E-state index is 0.128. The molecule has 0 aliphatic carbocycles. The Bertz CT molecular complexity index is 1060. The first kappa shape index (κ1) is 21.1. The number of aryl methyl sites for hydroxylation is 2. The van der Waals surface area contributed by atoms with Crippen molar-refractivity contribution in [3.05, 3.63) is 51.7 Å². The summed E-state index contributed by atoms with van der Waals surface area (Å²) in [6.45, 7) is 7.39. The molecule has 4 rings (SSSR count). The first-order valence-electron chi connectivity index (χ1n) is 10.2. The van der Waals surface area contributed by atoms with Crippen LogP contribution in [0, 0.1) is 13.8 Å². The Morgan fingerprint density at radius 1 is 1.10 bits per heavy atom. The van der Waals surface area contributed by atoms with Crippen molar-refractivity contribution in [1.82, 2.24) is 29.7 Å². The van der Waals surface area contributed by atoms with E-state index in [2.05, 4.69) is 30.2 Å². The predicted octanol–water partition coefficient (Wildman–Crippen LogP) is 2.16. The fourth-order valence-electron chi connectivity index (χ4n) is 3.48. The molecule has 0 atom stereocenters. The fraction of sp³-hybridized carbons (Fsp3) is 0.381. The number of aromatic nitrogens is 4. The third-order valence-corrected chi connectivity index (χ3v) is 6.12. The maximum Gasteiger partial charge on any atom is 0.232 e. The lowest BCUT2D eigenvalue weighted by atomic mass is 10.2. The number of nitrogen functional groups attached to an aromatic ring is 1. The number of rotatable bonds is 6. The van der Waals surface area contributed by atoms with E-state index in [-0.39, 0.29) is 11.9 Å².